The number of aromatic nitrogens is 2. The third-order valence-electron chi connectivity index (χ3n) is 4.61. The highest BCUT2D eigenvalue weighted by Crippen LogP contribution is 2.15. The van der Waals surface area contributed by atoms with Gasteiger partial charge < -0.3 is 20.1 Å². The second kappa shape index (κ2) is 11.4. The van der Waals surface area contributed by atoms with Crippen LogP contribution in [0.15, 0.2) is 33.9 Å². The first kappa shape index (κ1) is 24.3. The Hall–Kier alpha value is -2.95. The molecule has 3 N–H and O–H groups in total. The summed E-state index contributed by atoms with van der Waals surface area (Å²) in [5.74, 6) is 0.135. The van der Waals surface area contributed by atoms with Crippen LogP contribution in [0, 0.1) is 0 Å². The normalized spacial score (nSPS) is 11.3. The fourth-order valence-electron chi connectivity index (χ4n) is 3.03. The molecule has 0 bridgehead atoms. The first-order chi connectivity index (χ1) is 14.7. The van der Waals surface area contributed by atoms with Crippen LogP contribution in [0.3, 0.4) is 0 Å². The molecule has 0 saturated carbocycles. The van der Waals surface area contributed by atoms with Crippen LogP contribution in [0.2, 0.25) is 0 Å². The molecule has 1 aromatic carbocycles. The van der Waals surface area contributed by atoms with Crippen LogP contribution in [0.5, 0.6) is 5.75 Å². The van der Waals surface area contributed by atoms with Crippen LogP contribution in [-0.2, 0) is 17.8 Å². The number of benzene rings is 1. The molecule has 0 aliphatic rings. The number of ether oxygens (including phenoxy) is 2. The van der Waals surface area contributed by atoms with Crippen molar-refractivity contribution < 1.29 is 14.3 Å². The van der Waals surface area contributed by atoms with Gasteiger partial charge in [-0.1, -0.05) is 12.1 Å². The molecule has 2 aromatic rings. The topological polar surface area (TPSA) is 123 Å². The monoisotopic (exact) mass is 433 g/mol. The molecule has 0 spiro atoms. The fourth-order valence-corrected chi connectivity index (χ4v) is 3.03. The Morgan fingerprint density at radius 1 is 1.19 bits per heavy atom. The van der Waals surface area contributed by atoms with Crippen LogP contribution < -0.4 is 21.7 Å². The zero-order valence-electron chi connectivity index (χ0n) is 18.5. The molecule has 10 heteroatoms. The Balaban J connectivity index is 2.08. The quantitative estimate of drug-likeness (QED) is 0.449. The molecule has 170 valence electrons. The van der Waals surface area contributed by atoms with E-state index in [-0.39, 0.29) is 31.1 Å². The van der Waals surface area contributed by atoms with Gasteiger partial charge in [0, 0.05) is 20.2 Å². The largest absolute Gasteiger partial charge is 0.492 e. The average molecular weight is 434 g/mol. The lowest BCUT2D eigenvalue weighted by Gasteiger charge is -2.18. The van der Waals surface area contributed by atoms with Crippen LogP contribution in [0.25, 0.3) is 0 Å². The van der Waals surface area contributed by atoms with E-state index in [0.717, 1.165) is 22.4 Å². The first-order valence-corrected chi connectivity index (χ1v) is 9.92. The number of anilines is 1. The Morgan fingerprint density at radius 2 is 1.94 bits per heavy atom. The summed E-state index contributed by atoms with van der Waals surface area (Å²) in [6.07, 6.45) is 0. The zero-order chi connectivity index (χ0) is 23.0. The highest BCUT2D eigenvalue weighted by atomic mass is 16.5. The van der Waals surface area contributed by atoms with Gasteiger partial charge in [0.2, 0.25) is 0 Å². The standard InChI is InChI=1S/C21H31N5O5/c1-24(2)8-11-31-16-7-5-6-15(12-16)13-25(3)14-17(27)18-19(22)26(9-10-30-4)21(29)23-20(18)28/h5-7,12H,8-11,13-14,22H2,1-4H3,(H,23,28,29). The minimum Gasteiger partial charge on any atom is -0.492 e. The van der Waals surface area contributed by atoms with Crippen molar-refractivity contribution in [1.82, 2.24) is 19.4 Å². The summed E-state index contributed by atoms with van der Waals surface area (Å²) in [5, 5.41) is 0. The predicted octanol–water partition coefficient (Wildman–Crippen LogP) is 0.0203. The number of carbonyl (C=O) groups is 1. The molecule has 0 radical (unpaired) electrons. The molecule has 1 heterocycles. The van der Waals surface area contributed by atoms with E-state index in [1.807, 2.05) is 43.3 Å². The van der Waals surface area contributed by atoms with Gasteiger partial charge in [0.05, 0.1) is 19.7 Å². The molecule has 10 nitrogen and oxygen atoms in total. The number of Topliss-reactive ketones (excluding diaryl/α,β-unsaturated/α-hetero) is 1. The number of nitrogen functional groups attached to an aromatic ring is 1. The summed E-state index contributed by atoms with van der Waals surface area (Å²) in [6.45, 7) is 2.16. The molecule has 0 saturated heterocycles. The van der Waals surface area contributed by atoms with Crippen LogP contribution in [-0.4, -0.2) is 79.7 Å². The van der Waals surface area contributed by atoms with Gasteiger partial charge in [-0.3, -0.25) is 24.0 Å². The van der Waals surface area contributed by atoms with E-state index >= 15 is 0 Å². The average Bonchev–Trinajstić information content (AvgIpc) is 2.67. The van der Waals surface area contributed by atoms with Gasteiger partial charge in [-0.25, -0.2) is 4.79 Å². The highest BCUT2D eigenvalue weighted by molar-refractivity contribution is 6.01. The SMILES string of the molecule is COCCn1c(N)c(C(=O)CN(C)Cc2cccc(OCCN(C)C)c2)c(=O)[nH]c1=O. The zero-order valence-corrected chi connectivity index (χ0v) is 18.5. The predicted molar refractivity (Wildman–Crippen MR) is 119 cm³/mol. The van der Waals surface area contributed by atoms with Crippen molar-refractivity contribution in [3.63, 3.8) is 0 Å². The van der Waals surface area contributed by atoms with Gasteiger partial charge in [0.1, 0.15) is 23.7 Å². The molecule has 0 fully saturated rings. The number of methoxy groups -OCH3 is 1. The molecule has 2 rings (SSSR count). The number of hydrogen-bond donors (Lipinski definition) is 2. The Morgan fingerprint density at radius 3 is 2.61 bits per heavy atom. The second-order valence-corrected chi connectivity index (χ2v) is 7.56. The number of aromatic amines is 1. The lowest BCUT2D eigenvalue weighted by molar-refractivity contribution is 0.0941. The number of nitrogens with one attached hydrogen (secondary N) is 1. The maximum absolute atomic E-state index is 12.8. The first-order valence-electron chi connectivity index (χ1n) is 9.92. The van der Waals surface area contributed by atoms with Crippen LogP contribution in [0.1, 0.15) is 15.9 Å². The number of H-pyrrole nitrogens is 1. The molecule has 0 aliphatic heterocycles. The maximum atomic E-state index is 12.8. The van der Waals surface area contributed by atoms with Gasteiger partial charge in [-0.05, 0) is 38.8 Å². The number of carbonyl (C=O) groups excluding carboxylic acids is 1. The highest BCUT2D eigenvalue weighted by Gasteiger charge is 2.20. The van der Waals surface area contributed by atoms with Crippen molar-refractivity contribution in [2.24, 2.45) is 0 Å². The molecule has 31 heavy (non-hydrogen) atoms. The van der Waals surface area contributed by atoms with Crippen molar-refractivity contribution in [3.8, 4) is 5.75 Å². The third kappa shape index (κ3) is 7.06. The minimum atomic E-state index is -0.786. The third-order valence-corrected chi connectivity index (χ3v) is 4.61. The molecular formula is C21H31N5O5. The summed E-state index contributed by atoms with van der Waals surface area (Å²) in [4.78, 5) is 42.9. The number of nitrogens with two attached hydrogens (primary N) is 1. The van der Waals surface area contributed by atoms with Crippen molar-refractivity contribution in [2.75, 3.05) is 60.3 Å². The van der Waals surface area contributed by atoms with Crippen molar-refractivity contribution >= 4 is 11.6 Å². The van der Waals surface area contributed by atoms with E-state index in [9.17, 15) is 14.4 Å². The molecule has 0 amide bonds. The van der Waals surface area contributed by atoms with E-state index in [2.05, 4.69) is 4.98 Å². The van der Waals surface area contributed by atoms with Crippen LogP contribution >= 0.6 is 0 Å². The van der Waals surface area contributed by atoms with E-state index in [1.54, 1.807) is 11.9 Å². The van der Waals surface area contributed by atoms with E-state index in [1.165, 1.54) is 7.11 Å². The summed E-state index contributed by atoms with van der Waals surface area (Å²) in [6, 6.07) is 7.63. The lowest BCUT2D eigenvalue weighted by Crippen LogP contribution is -2.39. The molecule has 1 aromatic heterocycles. The van der Waals surface area contributed by atoms with Crippen molar-refractivity contribution in [3.05, 3.63) is 56.2 Å². The number of hydrogen-bond acceptors (Lipinski definition) is 8. The van der Waals surface area contributed by atoms with Gasteiger partial charge in [0.15, 0.2) is 5.78 Å². The molecule has 0 aliphatic carbocycles. The number of likely N-dealkylation sites (N-methyl/N-ethyl adjacent to an activating group) is 2. The Labute approximate surface area is 181 Å². The second-order valence-electron chi connectivity index (χ2n) is 7.56. The van der Waals surface area contributed by atoms with E-state index in [0.29, 0.717) is 13.2 Å². The number of rotatable bonds is 12. The Kier molecular flexibility index (Phi) is 8.98. The lowest BCUT2D eigenvalue weighted by atomic mass is 10.1. The van der Waals surface area contributed by atoms with Crippen LogP contribution in [0.4, 0.5) is 5.82 Å². The molecule has 0 unspecified atom stereocenters. The fraction of sp³-hybridized carbons (Fsp3) is 0.476. The number of ketones is 1. The molecular weight excluding hydrogens is 402 g/mol. The van der Waals surface area contributed by atoms with Gasteiger partial charge in [-0.15, -0.1) is 0 Å². The van der Waals surface area contributed by atoms with Crippen molar-refractivity contribution in [1.29, 1.82) is 0 Å². The van der Waals surface area contributed by atoms with Gasteiger partial charge in [-0.2, -0.15) is 0 Å². The number of nitrogens with zero attached hydrogens (tertiary/aromatic N) is 3. The van der Waals surface area contributed by atoms with E-state index < -0.39 is 17.0 Å². The summed E-state index contributed by atoms with van der Waals surface area (Å²) >= 11 is 0. The van der Waals surface area contributed by atoms with E-state index in [4.69, 9.17) is 15.2 Å². The maximum Gasteiger partial charge on any atom is 0.330 e. The van der Waals surface area contributed by atoms with Gasteiger partial charge >= 0.3 is 5.69 Å². The van der Waals surface area contributed by atoms with Crippen molar-refractivity contribution in [2.45, 2.75) is 13.1 Å². The summed E-state index contributed by atoms with van der Waals surface area (Å²) in [7, 11) is 7.21. The smallest absolute Gasteiger partial charge is 0.330 e. The molecule has 0 atom stereocenters. The summed E-state index contributed by atoms with van der Waals surface area (Å²) in [5.41, 5.74) is 5.26. The minimum absolute atomic E-state index is 0.0402. The van der Waals surface area contributed by atoms with Gasteiger partial charge in [0.25, 0.3) is 5.56 Å². The Bertz CT molecular complexity index is 998. The summed E-state index contributed by atoms with van der Waals surface area (Å²) < 4.78 is 11.8.